The molecule has 7 atom stereocenters. The first kappa shape index (κ1) is 51.6. The van der Waals surface area contributed by atoms with E-state index in [1.807, 2.05) is 6.08 Å². The predicted molar refractivity (Wildman–Crippen MR) is 214 cm³/mol. The first-order valence-corrected chi connectivity index (χ1v) is 24.3. The minimum absolute atomic E-state index is 0.0109. The number of phosphoric acid groups is 3. The molecule has 0 spiro atoms. The van der Waals surface area contributed by atoms with Crippen LogP contribution < -0.4 is 16.4 Å². The molecule has 3 heterocycles. The van der Waals surface area contributed by atoms with E-state index in [0.29, 0.717) is 18.6 Å². The number of nitrogens with two attached hydrogens (primary N) is 1. The highest BCUT2D eigenvalue weighted by Gasteiger charge is 2.50. The fraction of sp³-hybridized carbons (Fsp3) is 0.688. The van der Waals surface area contributed by atoms with Gasteiger partial charge in [0.1, 0.15) is 36.3 Å². The Bertz CT molecular complexity index is 1920. The molecule has 0 bridgehead atoms. The Kier molecular flexibility index (Phi) is 20.4. The Morgan fingerprint density at radius 3 is 2.40 bits per heavy atom. The van der Waals surface area contributed by atoms with E-state index in [1.165, 1.54) is 33.1 Å². The van der Waals surface area contributed by atoms with Gasteiger partial charge in [0.25, 0.3) is 0 Å². The molecule has 1 fully saturated rings. The van der Waals surface area contributed by atoms with Crippen LogP contribution in [-0.4, -0.2) is 123 Å². The first-order valence-electron chi connectivity index (χ1n) is 18.8. The summed E-state index contributed by atoms with van der Waals surface area (Å²) in [6.07, 6.45) is 3.98. The van der Waals surface area contributed by atoms with Gasteiger partial charge in [-0.3, -0.25) is 32.5 Å². The van der Waals surface area contributed by atoms with Crippen LogP contribution in [-0.2, 0) is 50.7 Å². The number of imidazole rings is 1. The van der Waals surface area contributed by atoms with E-state index < -0.39 is 84.6 Å². The van der Waals surface area contributed by atoms with E-state index in [2.05, 4.69) is 47.4 Å². The second-order valence-electron chi connectivity index (χ2n) is 14.1. The third-order valence-electron chi connectivity index (χ3n) is 8.67. The summed E-state index contributed by atoms with van der Waals surface area (Å²) in [6.45, 7) is 2.69. The number of nitrogen functional groups attached to an aromatic ring is 1. The molecule has 10 N–H and O–H groups in total. The van der Waals surface area contributed by atoms with Gasteiger partial charge in [0, 0.05) is 37.1 Å². The average Bonchev–Trinajstić information content (AvgIpc) is 3.72. The molecule has 1 aliphatic rings. The van der Waals surface area contributed by atoms with Crippen molar-refractivity contribution in [3.63, 3.8) is 0 Å². The van der Waals surface area contributed by atoms with Crippen LogP contribution in [0, 0.1) is 5.41 Å². The highest BCUT2D eigenvalue weighted by atomic mass is 32.2. The van der Waals surface area contributed by atoms with Crippen molar-refractivity contribution in [2.75, 3.05) is 37.8 Å². The van der Waals surface area contributed by atoms with Crippen LogP contribution in [0.3, 0.4) is 0 Å². The van der Waals surface area contributed by atoms with E-state index in [9.17, 15) is 57.9 Å². The molecule has 340 valence electrons. The van der Waals surface area contributed by atoms with E-state index in [-0.39, 0.29) is 41.6 Å². The van der Waals surface area contributed by atoms with Gasteiger partial charge < -0.3 is 50.9 Å². The molecular formula is C32H54N7O17P3S. The summed E-state index contributed by atoms with van der Waals surface area (Å²) in [7, 11) is -16.4. The van der Waals surface area contributed by atoms with Gasteiger partial charge in [-0.2, -0.15) is 4.31 Å². The van der Waals surface area contributed by atoms with Crippen molar-refractivity contribution in [2.24, 2.45) is 5.41 Å². The Labute approximate surface area is 349 Å². The molecule has 0 saturated carbocycles. The van der Waals surface area contributed by atoms with E-state index >= 15 is 0 Å². The predicted octanol–water partition coefficient (Wildman–Crippen LogP) is 1.97. The molecule has 0 aromatic carbocycles. The smallest absolute Gasteiger partial charge is 0.386 e. The number of carbonyl (C=O) groups is 3. The van der Waals surface area contributed by atoms with Crippen LogP contribution in [0.15, 0.2) is 24.8 Å². The van der Waals surface area contributed by atoms with Crippen LogP contribution in [0.25, 0.3) is 11.2 Å². The lowest BCUT2D eigenvalue weighted by molar-refractivity contribution is -0.137. The molecule has 0 aliphatic carbocycles. The largest absolute Gasteiger partial charge is 0.481 e. The van der Waals surface area contributed by atoms with Crippen LogP contribution in [0.4, 0.5) is 5.82 Å². The second kappa shape index (κ2) is 23.7. The molecule has 1 saturated heterocycles. The quantitative estimate of drug-likeness (QED) is 0.0351. The van der Waals surface area contributed by atoms with Gasteiger partial charge in [-0.25, -0.2) is 28.6 Å². The molecule has 60 heavy (non-hydrogen) atoms. The number of thioether (sulfide) groups is 1. The number of carbonyl (C=O) groups excluding carboxylic acids is 3. The number of nitrogens with zero attached hydrogens (tertiary/aromatic N) is 4. The highest BCUT2D eigenvalue weighted by Crippen LogP contribution is 2.61. The van der Waals surface area contributed by atoms with Crippen LogP contribution in [0.5, 0.6) is 0 Å². The van der Waals surface area contributed by atoms with Crippen LogP contribution in [0.1, 0.15) is 78.4 Å². The summed E-state index contributed by atoms with van der Waals surface area (Å²) in [6, 6.07) is 0. The number of unbranched alkanes of at least 4 members (excludes halogenated alkanes) is 4. The standard InChI is InChI=1S/C32H54N7O17P3S/c1-4-5-6-7-8-9-10-11-12-23(41)60-16-15-34-22(40)13-14-35-30(44)27(43)32(2,3)18-53-59(50,51)56-58(48,49)52-17-21-26(55-57(45,46)47)25(42)31(54-21)39-20-38-24-28(33)36-19-37-29(24)39/h9-10,19-21,25-27,31,42-43H,4-8,11-18H2,1-3H3,(H,34,40)(H,35,44)(H,48,49)(H,50,51)(H2,33,36,37)(H2,45,46,47)/b10-9+. The van der Waals surface area contributed by atoms with Gasteiger partial charge in [-0.05, 0) is 19.3 Å². The van der Waals surface area contributed by atoms with Gasteiger partial charge in [-0.1, -0.05) is 63.9 Å². The van der Waals surface area contributed by atoms with E-state index in [1.54, 1.807) is 0 Å². The van der Waals surface area contributed by atoms with Crippen molar-refractivity contribution in [1.82, 2.24) is 30.2 Å². The number of aliphatic hydroxyl groups is 2. The number of phosphoric ester groups is 3. The minimum Gasteiger partial charge on any atom is -0.386 e. The van der Waals surface area contributed by atoms with Crippen molar-refractivity contribution in [3.05, 3.63) is 24.8 Å². The Morgan fingerprint density at radius 2 is 1.70 bits per heavy atom. The number of aliphatic hydroxyl groups excluding tert-OH is 2. The number of rotatable bonds is 27. The number of amides is 2. The lowest BCUT2D eigenvalue weighted by Crippen LogP contribution is -2.46. The summed E-state index contributed by atoms with van der Waals surface area (Å²) < 4.78 is 62.2. The van der Waals surface area contributed by atoms with Gasteiger partial charge in [0.15, 0.2) is 22.8 Å². The Hall–Kier alpha value is -2.70. The normalized spacial score (nSPS) is 21.1. The van der Waals surface area contributed by atoms with E-state index in [4.69, 9.17) is 19.5 Å². The van der Waals surface area contributed by atoms with Gasteiger partial charge in [0.2, 0.25) is 11.8 Å². The Morgan fingerprint density at radius 1 is 1.00 bits per heavy atom. The number of nitrogens with one attached hydrogen (secondary N) is 2. The molecule has 28 heteroatoms. The molecule has 24 nitrogen and oxygen atoms in total. The highest BCUT2D eigenvalue weighted by molar-refractivity contribution is 8.13. The van der Waals surface area contributed by atoms with E-state index in [0.717, 1.165) is 41.8 Å². The minimum atomic E-state index is -5.57. The zero-order valence-electron chi connectivity index (χ0n) is 33.2. The zero-order chi connectivity index (χ0) is 44.7. The number of hydrogen-bond donors (Lipinski definition) is 9. The summed E-state index contributed by atoms with van der Waals surface area (Å²) in [5, 5.41) is 26.5. The molecule has 1 aliphatic heterocycles. The summed E-state index contributed by atoms with van der Waals surface area (Å²) in [5.74, 6) is -1.07. The van der Waals surface area contributed by atoms with Gasteiger partial charge in [0.05, 0.1) is 19.5 Å². The number of hydrogen-bond acceptors (Lipinski definition) is 18. The molecule has 0 radical (unpaired) electrons. The molecule has 2 amide bonds. The maximum Gasteiger partial charge on any atom is 0.481 e. The lowest BCUT2D eigenvalue weighted by Gasteiger charge is -2.30. The summed E-state index contributed by atoms with van der Waals surface area (Å²) in [5.41, 5.74) is 4.27. The number of ether oxygens (including phenoxy) is 1. The maximum atomic E-state index is 12.7. The number of anilines is 1. The van der Waals surface area contributed by atoms with Crippen molar-refractivity contribution in [1.29, 1.82) is 0 Å². The SMILES string of the molecule is CCCCCC/C=C/CCC(=O)SCCNC(=O)CCNC(=O)C(O)C(C)(C)COP(=O)(O)OP(=O)(O)OCC1OC(n2cnc3c(N)ncnc32)C(O)C1OP(=O)(O)O. The number of allylic oxidation sites excluding steroid dienone is 2. The van der Waals surface area contributed by atoms with Crippen molar-refractivity contribution in [2.45, 2.75) is 103 Å². The lowest BCUT2D eigenvalue weighted by atomic mass is 9.87. The van der Waals surface area contributed by atoms with Crippen molar-refractivity contribution in [3.8, 4) is 0 Å². The second-order valence-corrected chi connectivity index (χ2v) is 19.5. The summed E-state index contributed by atoms with van der Waals surface area (Å²) in [4.78, 5) is 87.9. The molecule has 7 unspecified atom stereocenters. The number of aromatic nitrogens is 4. The zero-order valence-corrected chi connectivity index (χ0v) is 36.7. The van der Waals surface area contributed by atoms with Gasteiger partial charge >= 0.3 is 23.5 Å². The third-order valence-corrected chi connectivity index (χ3v) is 12.7. The van der Waals surface area contributed by atoms with Crippen molar-refractivity contribution < 1.29 is 80.5 Å². The molecule has 2 aromatic rings. The average molecular weight is 934 g/mol. The first-order chi connectivity index (χ1) is 28.1. The van der Waals surface area contributed by atoms with Crippen molar-refractivity contribution >= 4 is 69.1 Å². The van der Waals surface area contributed by atoms with Crippen LogP contribution >= 0.6 is 35.2 Å². The molecule has 3 rings (SSSR count). The third kappa shape index (κ3) is 17.2. The topological polar surface area (TPSA) is 364 Å². The Balaban J connectivity index is 1.41. The maximum absolute atomic E-state index is 12.7. The monoisotopic (exact) mass is 933 g/mol. The molecule has 2 aromatic heterocycles. The molecular weight excluding hydrogens is 879 g/mol. The fourth-order valence-corrected chi connectivity index (χ4v) is 9.02. The summed E-state index contributed by atoms with van der Waals surface area (Å²) >= 11 is 1.11. The number of fused-ring (bicyclic) bond motifs is 1. The van der Waals surface area contributed by atoms with Gasteiger partial charge in [-0.15, -0.1) is 0 Å². The van der Waals surface area contributed by atoms with Crippen LogP contribution in [0.2, 0.25) is 0 Å². The fourth-order valence-electron chi connectivity index (χ4n) is 5.49.